The summed E-state index contributed by atoms with van der Waals surface area (Å²) in [5, 5.41) is 21.7. The van der Waals surface area contributed by atoms with E-state index in [2.05, 4.69) is 21.1 Å². The van der Waals surface area contributed by atoms with Gasteiger partial charge in [0, 0.05) is 5.69 Å². The molecular formula is C11H8N6. The van der Waals surface area contributed by atoms with Gasteiger partial charge in [0.05, 0.1) is 16.9 Å². The van der Waals surface area contributed by atoms with Gasteiger partial charge in [0.2, 0.25) is 0 Å². The third-order valence-electron chi connectivity index (χ3n) is 2.26. The standard InChI is InChI=1S/C11H8N6/c1-7-3-10(9(4-12)8(2)15-7)17-6-14-11(5-13)16-17/h3,6H,1-2H3. The molecule has 6 nitrogen and oxygen atoms in total. The van der Waals surface area contributed by atoms with Gasteiger partial charge in [-0.3, -0.25) is 4.98 Å². The van der Waals surface area contributed by atoms with E-state index in [1.54, 1.807) is 13.0 Å². The normalized spacial score (nSPS) is 9.65. The fourth-order valence-electron chi connectivity index (χ4n) is 1.56. The van der Waals surface area contributed by atoms with E-state index in [-0.39, 0.29) is 5.82 Å². The molecule has 6 heteroatoms. The lowest BCUT2D eigenvalue weighted by Crippen LogP contribution is -2.03. The fraction of sp³-hybridized carbons (Fsp3) is 0.182. The zero-order valence-electron chi connectivity index (χ0n) is 9.34. The molecule has 0 aliphatic heterocycles. The van der Waals surface area contributed by atoms with Crippen LogP contribution >= 0.6 is 0 Å². The molecule has 0 unspecified atom stereocenters. The van der Waals surface area contributed by atoms with Gasteiger partial charge >= 0.3 is 0 Å². The first-order chi connectivity index (χ1) is 8.15. The van der Waals surface area contributed by atoms with Crippen LogP contribution in [0.4, 0.5) is 0 Å². The Labute approximate surface area is 97.8 Å². The summed E-state index contributed by atoms with van der Waals surface area (Å²) in [4.78, 5) is 8.02. The highest BCUT2D eigenvalue weighted by Gasteiger charge is 2.11. The largest absolute Gasteiger partial charge is 0.257 e. The SMILES string of the molecule is Cc1cc(-n2cnc(C#N)n2)c(C#N)c(C)n1. The van der Waals surface area contributed by atoms with E-state index in [0.717, 1.165) is 5.69 Å². The highest BCUT2D eigenvalue weighted by atomic mass is 15.3. The van der Waals surface area contributed by atoms with Gasteiger partial charge in [-0.05, 0) is 19.9 Å². The third-order valence-corrected chi connectivity index (χ3v) is 2.26. The van der Waals surface area contributed by atoms with Crippen molar-refractivity contribution in [2.24, 2.45) is 0 Å². The number of aryl methyl sites for hydroxylation is 2. The molecule has 0 spiro atoms. The summed E-state index contributed by atoms with van der Waals surface area (Å²) < 4.78 is 1.42. The average Bonchev–Trinajstić information content (AvgIpc) is 2.76. The Kier molecular flexibility index (Phi) is 2.55. The molecule has 0 fully saturated rings. The number of rotatable bonds is 1. The van der Waals surface area contributed by atoms with E-state index in [4.69, 9.17) is 10.5 Å². The summed E-state index contributed by atoms with van der Waals surface area (Å²) in [5.41, 5.74) is 2.44. The molecule has 0 aromatic carbocycles. The van der Waals surface area contributed by atoms with Gasteiger partial charge in [-0.2, -0.15) is 10.5 Å². The Bertz CT molecular complexity index is 656. The molecule has 2 aromatic rings. The topological polar surface area (TPSA) is 91.2 Å². The summed E-state index contributed by atoms with van der Waals surface area (Å²) in [6.07, 6.45) is 1.41. The quantitative estimate of drug-likeness (QED) is 0.721. The predicted octanol–water partition coefficient (Wildman–Crippen LogP) is 1.02. The van der Waals surface area contributed by atoms with Crippen LogP contribution in [0, 0.1) is 36.5 Å². The zero-order valence-corrected chi connectivity index (χ0v) is 9.34. The first-order valence-electron chi connectivity index (χ1n) is 4.86. The summed E-state index contributed by atoms with van der Waals surface area (Å²) in [5.74, 6) is 0.0704. The van der Waals surface area contributed by atoms with Crippen LogP contribution in [0.25, 0.3) is 5.69 Å². The molecule has 0 saturated heterocycles. The molecule has 0 N–H and O–H groups in total. The second kappa shape index (κ2) is 4.03. The van der Waals surface area contributed by atoms with Crippen molar-refractivity contribution in [3.8, 4) is 17.8 Å². The van der Waals surface area contributed by atoms with Gasteiger partial charge in [0.1, 0.15) is 18.5 Å². The molecule has 0 aliphatic rings. The smallest absolute Gasteiger partial charge is 0.252 e. The Morgan fingerprint density at radius 3 is 2.59 bits per heavy atom. The number of hydrogen-bond donors (Lipinski definition) is 0. The van der Waals surface area contributed by atoms with Crippen molar-refractivity contribution in [3.05, 3.63) is 35.2 Å². The molecule has 0 atom stereocenters. The van der Waals surface area contributed by atoms with E-state index in [0.29, 0.717) is 16.9 Å². The van der Waals surface area contributed by atoms with Gasteiger partial charge in [0.25, 0.3) is 5.82 Å². The Morgan fingerprint density at radius 2 is 2.00 bits per heavy atom. The van der Waals surface area contributed by atoms with Gasteiger partial charge in [0.15, 0.2) is 0 Å². The molecule has 2 rings (SSSR count). The van der Waals surface area contributed by atoms with Crippen LogP contribution in [0.3, 0.4) is 0 Å². The van der Waals surface area contributed by atoms with E-state index < -0.39 is 0 Å². The zero-order chi connectivity index (χ0) is 12.4. The van der Waals surface area contributed by atoms with Crippen LogP contribution in [-0.2, 0) is 0 Å². The van der Waals surface area contributed by atoms with Crippen molar-refractivity contribution in [2.75, 3.05) is 0 Å². The molecule has 0 aliphatic carbocycles. The van der Waals surface area contributed by atoms with Crippen LogP contribution in [0.1, 0.15) is 22.8 Å². The summed E-state index contributed by atoms with van der Waals surface area (Å²) in [6.45, 7) is 3.59. The Hall–Kier alpha value is -2.73. The van der Waals surface area contributed by atoms with Crippen LogP contribution in [-0.4, -0.2) is 19.7 Å². The maximum Gasteiger partial charge on any atom is 0.252 e. The first-order valence-corrected chi connectivity index (χ1v) is 4.86. The van der Waals surface area contributed by atoms with Crippen LogP contribution in [0.15, 0.2) is 12.4 Å². The summed E-state index contributed by atoms with van der Waals surface area (Å²) in [7, 11) is 0. The van der Waals surface area contributed by atoms with E-state index in [1.807, 2.05) is 13.0 Å². The van der Waals surface area contributed by atoms with Crippen molar-refractivity contribution in [2.45, 2.75) is 13.8 Å². The predicted molar refractivity (Wildman–Crippen MR) is 58.1 cm³/mol. The maximum absolute atomic E-state index is 9.10. The first kappa shape index (κ1) is 10.8. The van der Waals surface area contributed by atoms with Crippen molar-refractivity contribution in [3.63, 3.8) is 0 Å². The number of pyridine rings is 1. The van der Waals surface area contributed by atoms with Crippen molar-refractivity contribution in [1.29, 1.82) is 10.5 Å². The number of nitriles is 2. The van der Waals surface area contributed by atoms with E-state index >= 15 is 0 Å². The van der Waals surface area contributed by atoms with Crippen LogP contribution < -0.4 is 0 Å². The molecule has 2 heterocycles. The highest BCUT2D eigenvalue weighted by Crippen LogP contribution is 2.16. The van der Waals surface area contributed by atoms with Gasteiger partial charge in [-0.25, -0.2) is 9.67 Å². The summed E-state index contributed by atoms with van der Waals surface area (Å²) >= 11 is 0. The van der Waals surface area contributed by atoms with Gasteiger partial charge in [-0.1, -0.05) is 0 Å². The van der Waals surface area contributed by atoms with E-state index in [9.17, 15) is 0 Å². The Balaban J connectivity index is 2.67. The second-order valence-electron chi connectivity index (χ2n) is 3.48. The lowest BCUT2D eigenvalue weighted by molar-refractivity contribution is 0.859. The van der Waals surface area contributed by atoms with Crippen LogP contribution in [0.5, 0.6) is 0 Å². The molecule has 2 aromatic heterocycles. The van der Waals surface area contributed by atoms with Crippen molar-refractivity contribution < 1.29 is 0 Å². The summed E-state index contributed by atoms with van der Waals surface area (Å²) in [6, 6.07) is 5.66. The maximum atomic E-state index is 9.10. The molecule has 17 heavy (non-hydrogen) atoms. The van der Waals surface area contributed by atoms with Crippen molar-refractivity contribution >= 4 is 0 Å². The molecular weight excluding hydrogens is 216 g/mol. The van der Waals surface area contributed by atoms with E-state index in [1.165, 1.54) is 11.0 Å². The molecule has 82 valence electrons. The number of aromatic nitrogens is 4. The number of nitrogens with zero attached hydrogens (tertiary/aromatic N) is 6. The van der Waals surface area contributed by atoms with Crippen LogP contribution in [0.2, 0.25) is 0 Å². The molecule has 0 saturated carbocycles. The molecule has 0 bridgehead atoms. The third kappa shape index (κ3) is 1.84. The average molecular weight is 224 g/mol. The fourth-order valence-corrected chi connectivity index (χ4v) is 1.56. The molecule has 0 radical (unpaired) electrons. The molecule has 0 amide bonds. The minimum atomic E-state index is 0.0704. The second-order valence-corrected chi connectivity index (χ2v) is 3.48. The minimum absolute atomic E-state index is 0.0704. The lowest BCUT2D eigenvalue weighted by atomic mass is 10.1. The van der Waals surface area contributed by atoms with Crippen molar-refractivity contribution in [1.82, 2.24) is 19.7 Å². The van der Waals surface area contributed by atoms with Gasteiger partial charge < -0.3 is 0 Å². The monoisotopic (exact) mass is 224 g/mol. The highest BCUT2D eigenvalue weighted by molar-refractivity contribution is 5.51. The minimum Gasteiger partial charge on any atom is -0.257 e. The lowest BCUT2D eigenvalue weighted by Gasteiger charge is -2.06. The van der Waals surface area contributed by atoms with Gasteiger partial charge in [-0.15, -0.1) is 5.10 Å². The Morgan fingerprint density at radius 1 is 1.24 bits per heavy atom. The number of hydrogen-bond acceptors (Lipinski definition) is 5.